The highest BCUT2D eigenvalue weighted by Gasteiger charge is 2.24. The fourth-order valence-corrected chi connectivity index (χ4v) is 2.56. The van der Waals surface area contributed by atoms with Crippen molar-refractivity contribution in [3.05, 3.63) is 54.0 Å². The number of rotatable bonds is 4. The minimum Gasteiger partial charge on any atom is -0.340 e. The Labute approximate surface area is 127 Å². The van der Waals surface area contributed by atoms with Crippen molar-refractivity contribution >= 4 is 22.8 Å². The van der Waals surface area contributed by atoms with Crippen molar-refractivity contribution in [2.24, 2.45) is 5.92 Å². The van der Waals surface area contributed by atoms with Crippen molar-refractivity contribution in [1.82, 2.24) is 15.0 Å². The number of para-hydroxylation sites is 1. The van der Waals surface area contributed by atoms with Crippen LogP contribution in [-0.2, 0) is 6.42 Å². The van der Waals surface area contributed by atoms with Crippen molar-refractivity contribution in [3.63, 3.8) is 0 Å². The second-order valence-electron chi connectivity index (χ2n) is 5.71. The van der Waals surface area contributed by atoms with Gasteiger partial charge in [-0.15, -0.1) is 0 Å². The Morgan fingerprint density at radius 1 is 1.23 bits per heavy atom. The molecule has 0 aliphatic heterocycles. The maximum atomic E-state index is 12.5. The van der Waals surface area contributed by atoms with Gasteiger partial charge in [-0.2, -0.15) is 0 Å². The lowest BCUT2D eigenvalue weighted by molar-refractivity contribution is 0.102. The lowest BCUT2D eigenvalue weighted by Crippen LogP contribution is -2.12. The molecule has 0 unspecified atom stereocenters. The molecule has 5 heteroatoms. The van der Waals surface area contributed by atoms with Gasteiger partial charge in [-0.05, 0) is 37.0 Å². The zero-order chi connectivity index (χ0) is 14.9. The number of aromatic amines is 1. The van der Waals surface area contributed by atoms with Crippen molar-refractivity contribution in [2.45, 2.75) is 19.3 Å². The minimum atomic E-state index is -0.153. The Bertz CT molecular complexity index is 821. The molecule has 3 aromatic rings. The lowest BCUT2D eigenvalue weighted by Gasteiger charge is -2.05. The van der Waals surface area contributed by atoms with E-state index in [0.717, 1.165) is 23.9 Å². The molecule has 1 fully saturated rings. The number of imidazole rings is 1. The number of pyridine rings is 1. The molecular weight excluding hydrogens is 276 g/mol. The lowest BCUT2D eigenvalue weighted by atomic mass is 10.2. The van der Waals surface area contributed by atoms with Gasteiger partial charge >= 0.3 is 0 Å². The first kappa shape index (κ1) is 13.0. The summed E-state index contributed by atoms with van der Waals surface area (Å²) in [6.07, 6.45) is 5.11. The number of hydrogen-bond donors (Lipinski definition) is 2. The highest BCUT2D eigenvalue weighted by atomic mass is 16.1. The van der Waals surface area contributed by atoms with Crippen LogP contribution >= 0.6 is 0 Å². The van der Waals surface area contributed by atoms with Gasteiger partial charge in [0.1, 0.15) is 5.82 Å². The van der Waals surface area contributed by atoms with Gasteiger partial charge in [0.25, 0.3) is 5.91 Å². The molecule has 5 nitrogen and oxygen atoms in total. The first-order valence-electron chi connectivity index (χ1n) is 7.49. The number of aromatic nitrogens is 3. The fourth-order valence-electron chi connectivity index (χ4n) is 2.56. The number of amides is 1. The van der Waals surface area contributed by atoms with Crippen molar-refractivity contribution in [1.29, 1.82) is 0 Å². The average Bonchev–Trinajstić information content (AvgIpc) is 3.24. The van der Waals surface area contributed by atoms with Crippen LogP contribution < -0.4 is 5.32 Å². The monoisotopic (exact) mass is 292 g/mol. The molecule has 1 saturated carbocycles. The predicted octanol–water partition coefficient (Wildman–Crippen LogP) is 3.16. The van der Waals surface area contributed by atoms with E-state index in [1.54, 1.807) is 12.3 Å². The average molecular weight is 292 g/mol. The van der Waals surface area contributed by atoms with Gasteiger partial charge < -0.3 is 10.3 Å². The molecule has 0 saturated heterocycles. The normalized spacial score (nSPS) is 14.2. The Morgan fingerprint density at radius 2 is 2.05 bits per heavy atom. The smallest absolute Gasteiger partial charge is 0.257 e. The number of carbonyl (C=O) groups excluding carboxylic acids is 1. The number of fused-ring (bicyclic) bond motifs is 1. The number of anilines is 1. The number of hydrogen-bond acceptors (Lipinski definition) is 3. The molecular formula is C17H16N4O. The quantitative estimate of drug-likeness (QED) is 0.776. The second-order valence-corrected chi connectivity index (χ2v) is 5.71. The summed E-state index contributed by atoms with van der Waals surface area (Å²) in [5.74, 6) is 1.51. The maximum absolute atomic E-state index is 12.5. The van der Waals surface area contributed by atoms with Crippen molar-refractivity contribution in [3.8, 4) is 0 Å². The van der Waals surface area contributed by atoms with Gasteiger partial charge in [0.15, 0.2) is 5.65 Å². The van der Waals surface area contributed by atoms with E-state index in [1.807, 2.05) is 30.3 Å². The molecule has 1 aromatic carbocycles. The summed E-state index contributed by atoms with van der Waals surface area (Å²) in [5, 5.41) is 2.90. The zero-order valence-electron chi connectivity index (χ0n) is 12.0. The summed E-state index contributed by atoms with van der Waals surface area (Å²) in [6.45, 7) is 0. The van der Waals surface area contributed by atoms with E-state index in [-0.39, 0.29) is 5.91 Å². The molecule has 0 spiro atoms. The molecule has 1 amide bonds. The van der Waals surface area contributed by atoms with Crippen LogP contribution in [0.2, 0.25) is 0 Å². The standard InChI is InChI=1S/C17H16N4O/c22-17(19-12-4-2-1-3-5-12)13-8-9-18-16-15(13)20-14(21-16)10-11-6-7-11/h1-5,8-9,11H,6-7,10H2,(H,19,22)(H,18,20,21). The summed E-state index contributed by atoms with van der Waals surface area (Å²) in [6, 6.07) is 11.1. The van der Waals surface area contributed by atoms with E-state index in [4.69, 9.17) is 0 Å². The Kier molecular flexibility index (Phi) is 3.11. The van der Waals surface area contributed by atoms with E-state index in [9.17, 15) is 4.79 Å². The van der Waals surface area contributed by atoms with Crippen LogP contribution in [0.25, 0.3) is 11.2 Å². The molecule has 1 aliphatic carbocycles. The van der Waals surface area contributed by atoms with Crippen LogP contribution in [0.5, 0.6) is 0 Å². The summed E-state index contributed by atoms with van der Waals surface area (Å²) >= 11 is 0. The van der Waals surface area contributed by atoms with E-state index in [1.165, 1.54) is 12.8 Å². The van der Waals surface area contributed by atoms with Crippen LogP contribution in [0.15, 0.2) is 42.6 Å². The summed E-state index contributed by atoms with van der Waals surface area (Å²) in [5.41, 5.74) is 2.67. The second kappa shape index (κ2) is 5.26. The number of nitrogens with zero attached hydrogens (tertiary/aromatic N) is 2. The predicted molar refractivity (Wildman–Crippen MR) is 84.7 cm³/mol. The third-order valence-electron chi connectivity index (χ3n) is 3.90. The number of nitrogens with one attached hydrogen (secondary N) is 2. The highest BCUT2D eigenvalue weighted by molar-refractivity contribution is 6.10. The zero-order valence-corrected chi connectivity index (χ0v) is 12.0. The summed E-state index contributed by atoms with van der Waals surface area (Å²) < 4.78 is 0. The summed E-state index contributed by atoms with van der Waals surface area (Å²) in [7, 11) is 0. The minimum absolute atomic E-state index is 0.153. The van der Waals surface area contributed by atoms with Crippen LogP contribution in [0.3, 0.4) is 0 Å². The number of H-pyrrole nitrogens is 1. The van der Waals surface area contributed by atoms with E-state index >= 15 is 0 Å². The highest BCUT2D eigenvalue weighted by Crippen LogP contribution is 2.32. The van der Waals surface area contributed by atoms with Gasteiger partial charge in [-0.1, -0.05) is 18.2 Å². The van der Waals surface area contributed by atoms with Crippen LogP contribution in [0.1, 0.15) is 29.0 Å². The van der Waals surface area contributed by atoms with Crippen molar-refractivity contribution in [2.75, 3.05) is 5.32 Å². The SMILES string of the molecule is O=C(Nc1ccccc1)c1ccnc2nc(CC3CC3)[nH]c12. The largest absolute Gasteiger partial charge is 0.340 e. The Hall–Kier alpha value is -2.69. The number of carbonyl (C=O) groups is 1. The third kappa shape index (κ3) is 2.57. The topological polar surface area (TPSA) is 70.7 Å². The molecule has 2 N–H and O–H groups in total. The first-order chi connectivity index (χ1) is 10.8. The molecule has 0 atom stereocenters. The van der Waals surface area contributed by atoms with Gasteiger partial charge in [0.2, 0.25) is 0 Å². The number of benzene rings is 1. The van der Waals surface area contributed by atoms with Crippen LogP contribution in [0, 0.1) is 5.92 Å². The van der Waals surface area contributed by atoms with Gasteiger partial charge in [-0.3, -0.25) is 4.79 Å². The molecule has 0 bridgehead atoms. The van der Waals surface area contributed by atoms with Crippen molar-refractivity contribution < 1.29 is 4.79 Å². The first-order valence-corrected chi connectivity index (χ1v) is 7.49. The third-order valence-corrected chi connectivity index (χ3v) is 3.90. The molecule has 110 valence electrons. The summed E-state index contributed by atoms with van der Waals surface area (Å²) in [4.78, 5) is 24.5. The molecule has 4 rings (SSSR count). The molecule has 0 radical (unpaired) electrons. The van der Waals surface area contributed by atoms with E-state index in [0.29, 0.717) is 16.7 Å². The fraction of sp³-hybridized carbons (Fsp3) is 0.235. The van der Waals surface area contributed by atoms with E-state index in [2.05, 4.69) is 20.3 Å². The maximum Gasteiger partial charge on any atom is 0.257 e. The van der Waals surface area contributed by atoms with Gasteiger partial charge in [-0.25, -0.2) is 9.97 Å². The molecule has 1 aliphatic rings. The van der Waals surface area contributed by atoms with Gasteiger partial charge in [0.05, 0.1) is 11.1 Å². The van der Waals surface area contributed by atoms with E-state index < -0.39 is 0 Å². The molecule has 22 heavy (non-hydrogen) atoms. The Balaban J connectivity index is 1.65. The molecule has 2 aromatic heterocycles. The molecule has 2 heterocycles. The van der Waals surface area contributed by atoms with Crippen LogP contribution in [0.4, 0.5) is 5.69 Å². The van der Waals surface area contributed by atoms with Crippen LogP contribution in [-0.4, -0.2) is 20.9 Å². The van der Waals surface area contributed by atoms with Gasteiger partial charge in [0, 0.05) is 18.3 Å². The Morgan fingerprint density at radius 3 is 2.82 bits per heavy atom.